The highest BCUT2D eigenvalue weighted by Crippen LogP contribution is 2.30. The van der Waals surface area contributed by atoms with E-state index in [4.69, 9.17) is 4.74 Å². The lowest BCUT2D eigenvalue weighted by atomic mass is 10.1. The summed E-state index contributed by atoms with van der Waals surface area (Å²) < 4.78 is 43.8. The molecule has 0 saturated heterocycles. The van der Waals surface area contributed by atoms with Gasteiger partial charge >= 0.3 is 12.1 Å². The smallest absolute Gasteiger partial charge is 0.416 e. The van der Waals surface area contributed by atoms with Gasteiger partial charge in [-0.25, -0.2) is 4.79 Å². The molecule has 3 rings (SSSR count). The summed E-state index contributed by atoms with van der Waals surface area (Å²) in [6.45, 7) is 0. The standard InChI is InChI=1S/C19H12BrF3O2/c20-16-7-3-12(4-8-16)9-14-11-17(25-18(14)24)10-13-1-5-15(6-2-13)19(21,22)23/h1-8,10-11H,9H2/b17-10+. The van der Waals surface area contributed by atoms with E-state index in [1.807, 2.05) is 24.3 Å². The van der Waals surface area contributed by atoms with E-state index in [-0.39, 0.29) is 0 Å². The fourth-order valence-corrected chi connectivity index (χ4v) is 2.65. The Morgan fingerprint density at radius 2 is 1.64 bits per heavy atom. The lowest BCUT2D eigenvalue weighted by Crippen LogP contribution is -2.04. The molecule has 0 fully saturated rings. The van der Waals surface area contributed by atoms with Crippen molar-refractivity contribution in [3.8, 4) is 0 Å². The van der Waals surface area contributed by atoms with Crippen molar-refractivity contribution >= 4 is 28.0 Å². The van der Waals surface area contributed by atoms with Crippen LogP contribution in [0.1, 0.15) is 16.7 Å². The Bertz CT molecular complexity index is 848. The average molecular weight is 409 g/mol. The lowest BCUT2D eigenvalue weighted by molar-refractivity contribution is -0.137. The summed E-state index contributed by atoms with van der Waals surface area (Å²) in [6.07, 6.45) is -0.797. The van der Waals surface area contributed by atoms with Crippen molar-refractivity contribution in [2.75, 3.05) is 0 Å². The largest absolute Gasteiger partial charge is 0.423 e. The van der Waals surface area contributed by atoms with Crippen LogP contribution in [0.3, 0.4) is 0 Å². The van der Waals surface area contributed by atoms with Crippen LogP contribution >= 0.6 is 15.9 Å². The first kappa shape index (κ1) is 17.5. The molecule has 128 valence electrons. The lowest BCUT2D eigenvalue weighted by Gasteiger charge is -2.06. The molecule has 0 unspecified atom stereocenters. The molecule has 25 heavy (non-hydrogen) atoms. The summed E-state index contributed by atoms with van der Waals surface area (Å²) >= 11 is 3.35. The summed E-state index contributed by atoms with van der Waals surface area (Å²) in [5.74, 6) is -0.127. The number of carbonyl (C=O) groups excluding carboxylic acids is 1. The Balaban J connectivity index is 1.77. The van der Waals surface area contributed by atoms with Crippen molar-refractivity contribution in [1.82, 2.24) is 0 Å². The number of carbonyl (C=O) groups is 1. The molecule has 0 aromatic heterocycles. The van der Waals surface area contributed by atoms with Gasteiger partial charge in [0.1, 0.15) is 5.76 Å². The molecule has 0 saturated carbocycles. The van der Waals surface area contributed by atoms with E-state index in [1.54, 1.807) is 6.08 Å². The topological polar surface area (TPSA) is 26.3 Å². The molecule has 0 radical (unpaired) electrons. The van der Waals surface area contributed by atoms with E-state index >= 15 is 0 Å². The van der Waals surface area contributed by atoms with E-state index in [9.17, 15) is 18.0 Å². The predicted molar refractivity (Wildman–Crippen MR) is 91.4 cm³/mol. The number of alkyl halides is 3. The molecule has 2 aromatic carbocycles. The highest BCUT2D eigenvalue weighted by Gasteiger charge is 2.30. The molecule has 6 heteroatoms. The fraction of sp³-hybridized carbons (Fsp3) is 0.105. The molecule has 0 spiro atoms. The van der Waals surface area contributed by atoms with Gasteiger partial charge in [0.05, 0.1) is 5.56 Å². The van der Waals surface area contributed by atoms with Crippen LogP contribution in [0.25, 0.3) is 6.08 Å². The van der Waals surface area contributed by atoms with Crippen molar-refractivity contribution in [3.05, 3.63) is 87.1 Å². The number of hydrogen-bond acceptors (Lipinski definition) is 2. The summed E-state index contributed by atoms with van der Waals surface area (Å²) in [7, 11) is 0. The monoisotopic (exact) mass is 408 g/mol. The Kier molecular flexibility index (Phi) is 4.81. The minimum absolute atomic E-state index is 0.317. The number of halogens is 4. The molecular weight excluding hydrogens is 397 g/mol. The summed E-state index contributed by atoms with van der Waals surface area (Å²) in [5, 5.41) is 0. The van der Waals surface area contributed by atoms with Gasteiger partial charge in [-0.1, -0.05) is 40.2 Å². The third kappa shape index (κ3) is 4.39. The molecule has 2 aromatic rings. The van der Waals surface area contributed by atoms with Gasteiger partial charge in [0.2, 0.25) is 0 Å². The Morgan fingerprint density at radius 1 is 1.00 bits per heavy atom. The number of esters is 1. The normalized spacial score (nSPS) is 16.1. The summed E-state index contributed by atoms with van der Waals surface area (Å²) in [5.41, 5.74) is 1.27. The zero-order valence-electron chi connectivity index (χ0n) is 12.8. The van der Waals surface area contributed by atoms with Crippen molar-refractivity contribution in [2.24, 2.45) is 0 Å². The Labute approximate surface area is 150 Å². The number of allylic oxidation sites excluding steroid dienone is 1. The number of cyclic esters (lactones) is 1. The molecule has 0 aliphatic carbocycles. The molecule has 1 heterocycles. The second kappa shape index (κ2) is 6.88. The van der Waals surface area contributed by atoms with Gasteiger partial charge in [0.15, 0.2) is 0 Å². The Morgan fingerprint density at radius 3 is 2.24 bits per heavy atom. The predicted octanol–water partition coefficient (Wildman–Crippen LogP) is 5.53. The van der Waals surface area contributed by atoms with E-state index in [0.717, 1.165) is 22.2 Å². The maximum absolute atomic E-state index is 12.6. The maximum atomic E-state index is 12.6. The molecule has 0 atom stereocenters. The van der Waals surface area contributed by atoms with Gasteiger partial charge in [-0.05, 0) is 47.5 Å². The van der Waals surface area contributed by atoms with Crippen LogP contribution in [0.15, 0.2) is 70.4 Å². The molecule has 1 aliphatic heterocycles. The SMILES string of the molecule is O=C1O/C(=C/c2ccc(C(F)(F)F)cc2)C=C1Cc1ccc(Br)cc1. The maximum Gasteiger partial charge on any atom is 0.416 e. The minimum atomic E-state index is -4.37. The van der Waals surface area contributed by atoms with Crippen molar-refractivity contribution in [1.29, 1.82) is 0 Å². The third-order valence-electron chi connectivity index (χ3n) is 3.64. The van der Waals surface area contributed by atoms with Gasteiger partial charge in [-0.3, -0.25) is 0 Å². The van der Waals surface area contributed by atoms with Crippen LogP contribution in [0.5, 0.6) is 0 Å². The van der Waals surface area contributed by atoms with Gasteiger partial charge in [0.25, 0.3) is 0 Å². The highest BCUT2D eigenvalue weighted by atomic mass is 79.9. The molecule has 2 nitrogen and oxygen atoms in total. The van der Waals surface area contributed by atoms with Crippen LogP contribution in [0, 0.1) is 0 Å². The van der Waals surface area contributed by atoms with Crippen molar-refractivity contribution in [3.63, 3.8) is 0 Å². The number of benzene rings is 2. The van der Waals surface area contributed by atoms with Crippen LogP contribution in [-0.4, -0.2) is 5.97 Å². The fourth-order valence-electron chi connectivity index (χ4n) is 2.38. The van der Waals surface area contributed by atoms with Crippen LogP contribution in [0.2, 0.25) is 0 Å². The van der Waals surface area contributed by atoms with Gasteiger partial charge < -0.3 is 4.74 Å². The number of ether oxygens (including phenoxy) is 1. The van der Waals surface area contributed by atoms with Gasteiger partial charge in [-0.15, -0.1) is 0 Å². The highest BCUT2D eigenvalue weighted by molar-refractivity contribution is 9.10. The quantitative estimate of drug-likeness (QED) is 0.623. The minimum Gasteiger partial charge on any atom is -0.423 e. The summed E-state index contributed by atoms with van der Waals surface area (Å²) in [4.78, 5) is 11.9. The molecule has 0 amide bonds. The second-order valence-electron chi connectivity index (χ2n) is 5.53. The van der Waals surface area contributed by atoms with Crippen LogP contribution < -0.4 is 0 Å². The van der Waals surface area contributed by atoms with E-state index in [0.29, 0.717) is 23.3 Å². The first-order chi connectivity index (χ1) is 11.8. The number of hydrogen-bond donors (Lipinski definition) is 0. The average Bonchev–Trinajstić information content (AvgIpc) is 2.89. The van der Waals surface area contributed by atoms with Crippen LogP contribution in [-0.2, 0) is 22.1 Å². The van der Waals surface area contributed by atoms with Crippen molar-refractivity contribution in [2.45, 2.75) is 12.6 Å². The first-order valence-electron chi connectivity index (χ1n) is 7.37. The van der Waals surface area contributed by atoms with Crippen LogP contribution in [0.4, 0.5) is 13.2 Å². The van der Waals surface area contributed by atoms with E-state index in [2.05, 4.69) is 15.9 Å². The molecular formula is C19H12BrF3O2. The van der Waals surface area contributed by atoms with Gasteiger partial charge in [-0.2, -0.15) is 13.2 Å². The molecule has 0 N–H and O–H groups in total. The first-order valence-corrected chi connectivity index (χ1v) is 8.17. The molecule has 1 aliphatic rings. The Hall–Kier alpha value is -2.34. The zero-order valence-corrected chi connectivity index (χ0v) is 14.4. The van der Waals surface area contributed by atoms with E-state index in [1.165, 1.54) is 18.2 Å². The molecule has 0 bridgehead atoms. The van der Waals surface area contributed by atoms with E-state index < -0.39 is 17.7 Å². The van der Waals surface area contributed by atoms with Gasteiger partial charge in [0, 0.05) is 16.5 Å². The third-order valence-corrected chi connectivity index (χ3v) is 4.17. The number of rotatable bonds is 3. The second-order valence-corrected chi connectivity index (χ2v) is 6.44. The van der Waals surface area contributed by atoms with Crippen molar-refractivity contribution < 1.29 is 22.7 Å². The summed E-state index contributed by atoms with van der Waals surface area (Å²) in [6, 6.07) is 12.2. The zero-order chi connectivity index (χ0) is 18.0.